The van der Waals surface area contributed by atoms with Crippen LogP contribution in [0.2, 0.25) is 0 Å². The molecule has 1 spiro atoms. The van der Waals surface area contributed by atoms with E-state index in [-0.39, 0.29) is 5.54 Å². The van der Waals surface area contributed by atoms with Gasteiger partial charge in [-0.25, -0.2) is 4.79 Å². The number of nitrogens with zero attached hydrogens (tertiary/aromatic N) is 1. The maximum atomic E-state index is 10.7. The molecule has 0 unspecified atom stereocenters. The van der Waals surface area contributed by atoms with Gasteiger partial charge in [-0.1, -0.05) is 0 Å². The van der Waals surface area contributed by atoms with Gasteiger partial charge in [-0.2, -0.15) is 0 Å². The molecule has 2 bridgehead atoms. The van der Waals surface area contributed by atoms with E-state index < -0.39 is 12.1 Å². The van der Waals surface area contributed by atoms with Crippen molar-refractivity contribution in [3.8, 4) is 0 Å². The Hall–Kier alpha value is -0.610. The smallest absolute Gasteiger partial charge is 0.334 e. The lowest BCUT2D eigenvalue weighted by Gasteiger charge is -2.46. The average Bonchev–Trinajstić information content (AvgIpc) is 2.54. The number of morpholine rings is 1. The third-order valence-electron chi connectivity index (χ3n) is 3.70. The van der Waals surface area contributed by atoms with E-state index in [4.69, 9.17) is 9.84 Å². The van der Waals surface area contributed by atoms with Gasteiger partial charge in [0.1, 0.15) is 0 Å². The second-order valence-corrected chi connectivity index (χ2v) is 4.54. The molecule has 4 rings (SSSR count). The number of carboxylic acids is 1. The zero-order chi connectivity index (χ0) is 9.05. The molecule has 0 aromatic carbocycles. The van der Waals surface area contributed by atoms with Crippen LogP contribution in [0.3, 0.4) is 0 Å². The molecule has 0 radical (unpaired) electrons. The fraction of sp³-hybridized carbons (Fsp3) is 0.889. The highest BCUT2D eigenvalue weighted by atomic mass is 16.5. The summed E-state index contributed by atoms with van der Waals surface area (Å²) in [5.41, 5.74) is 0.247. The maximum Gasteiger partial charge on any atom is 0.334 e. The zero-order valence-electron chi connectivity index (χ0n) is 7.40. The van der Waals surface area contributed by atoms with Gasteiger partial charge in [0, 0.05) is 18.6 Å². The second-order valence-electron chi connectivity index (χ2n) is 4.54. The third-order valence-corrected chi connectivity index (χ3v) is 3.70. The number of ether oxygens (including phenoxy) is 1. The topological polar surface area (TPSA) is 49.8 Å². The van der Waals surface area contributed by atoms with Crippen LogP contribution in [0.15, 0.2) is 0 Å². The lowest BCUT2D eigenvalue weighted by Crippen LogP contribution is -2.58. The van der Waals surface area contributed by atoms with Crippen LogP contribution in [0, 0.1) is 5.92 Å². The van der Waals surface area contributed by atoms with Crippen molar-refractivity contribution in [2.45, 2.75) is 24.5 Å². The highest BCUT2D eigenvalue weighted by Gasteiger charge is 2.58. The zero-order valence-corrected chi connectivity index (χ0v) is 7.40. The van der Waals surface area contributed by atoms with E-state index in [1.165, 1.54) is 12.8 Å². The molecule has 0 amide bonds. The van der Waals surface area contributed by atoms with Gasteiger partial charge in [-0.3, -0.25) is 4.90 Å². The van der Waals surface area contributed by atoms with Crippen molar-refractivity contribution < 1.29 is 14.6 Å². The number of carbonyl (C=O) groups is 1. The van der Waals surface area contributed by atoms with Crippen molar-refractivity contribution in [3.05, 3.63) is 0 Å². The van der Waals surface area contributed by atoms with Crippen molar-refractivity contribution in [3.63, 3.8) is 0 Å². The molecule has 4 aliphatic rings. The van der Waals surface area contributed by atoms with E-state index in [9.17, 15) is 4.79 Å². The second kappa shape index (κ2) is 2.25. The molecule has 3 saturated heterocycles. The van der Waals surface area contributed by atoms with Gasteiger partial charge in [-0.15, -0.1) is 0 Å². The van der Waals surface area contributed by atoms with Crippen LogP contribution in [0.25, 0.3) is 0 Å². The Labute approximate surface area is 76.5 Å². The fourth-order valence-electron chi connectivity index (χ4n) is 3.04. The predicted molar refractivity (Wildman–Crippen MR) is 44.4 cm³/mol. The summed E-state index contributed by atoms with van der Waals surface area (Å²) >= 11 is 0. The van der Waals surface area contributed by atoms with Gasteiger partial charge in [0.15, 0.2) is 6.10 Å². The summed E-state index contributed by atoms with van der Waals surface area (Å²) in [5.74, 6) is -0.00454. The number of carboxylic acid groups (broad SMARTS) is 1. The van der Waals surface area contributed by atoms with Crippen LogP contribution in [-0.2, 0) is 9.53 Å². The average molecular weight is 183 g/mol. The molecule has 1 aliphatic carbocycles. The number of aliphatic carboxylic acids is 1. The lowest BCUT2D eigenvalue weighted by atomic mass is 9.73. The summed E-state index contributed by atoms with van der Waals surface area (Å²) in [6.45, 7) is 2.30. The van der Waals surface area contributed by atoms with E-state index in [0.717, 1.165) is 12.5 Å². The SMILES string of the molecule is O=C(O)[C@@H]1CN2CC3CC2(CO1)C3. The van der Waals surface area contributed by atoms with Gasteiger partial charge in [-0.05, 0) is 18.8 Å². The van der Waals surface area contributed by atoms with E-state index in [2.05, 4.69) is 4.90 Å². The summed E-state index contributed by atoms with van der Waals surface area (Å²) in [4.78, 5) is 13.0. The van der Waals surface area contributed by atoms with E-state index in [1.54, 1.807) is 0 Å². The first-order valence-electron chi connectivity index (χ1n) is 4.79. The summed E-state index contributed by atoms with van der Waals surface area (Å²) < 4.78 is 5.35. The minimum absolute atomic E-state index is 0.247. The first-order valence-corrected chi connectivity index (χ1v) is 4.79. The Kier molecular flexibility index (Phi) is 1.34. The van der Waals surface area contributed by atoms with Crippen molar-refractivity contribution in [1.29, 1.82) is 0 Å². The summed E-state index contributed by atoms with van der Waals surface area (Å²) in [5, 5.41) is 8.80. The number of rotatable bonds is 1. The van der Waals surface area contributed by atoms with Gasteiger partial charge in [0.05, 0.1) is 6.61 Å². The molecule has 3 heterocycles. The number of hydrogen-bond acceptors (Lipinski definition) is 3. The van der Waals surface area contributed by atoms with Crippen LogP contribution in [-0.4, -0.2) is 47.3 Å². The molecule has 4 heteroatoms. The normalized spacial score (nSPS) is 48.3. The van der Waals surface area contributed by atoms with E-state index >= 15 is 0 Å². The van der Waals surface area contributed by atoms with Crippen LogP contribution >= 0.6 is 0 Å². The van der Waals surface area contributed by atoms with E-state index in [0.29, 0.717) is 13.2 Å². The van der Waals surface area contributed by atoms with Gasteiger partial charge in [0.2, 0.25) is 0 Å². The Morgan fingerprint density at radius 1 is 1.46 bits per heavy atom. The molecule has 72 valence electrons. The van der Waals surface area contributed by atoms with Crippen LogP contribution in [0.5, 0.6) is 0 Å². The summed E-state index contributed by atoms with van der Waals surface area (Å²) in [7, 11) is 0. The Bertz CT molecular complexity index is 260. The molecule has 13 heavy (non-hydrogen) atoms. The quantitative estimate of drug-likeness (QED) is 0.618. The standard InChI is InChI=1S/C9H13NO3/c11-8(12)7-4-10-3-6-1-9(10,2-6)5-13-7/h6-7H,1-5H2,(H,11,12)/t6?,7-,9?/m0/s1. The lowest BCUT2D eigenvalue weighted by molar-refractivity contribution is -0.165. The predicted octanol–water partition coefficient (Wildman–Crippen LogP) is -0.0658. The van der Waals surface area contributed by atoms with Gasteiger partial charge >= 0.3 is 5.97 Å². The first-order chi connectivity index (χ1) is 6.20. The van der Waals surface area contributed by atoms with Gasteiger partial charge < -0.3 is 9.84 Å². The maximum absolute atomic E-state index is 10.7. The molecule has 1 saturated carbocycles. The van der Waals surface area contributed by atoms with E-state index in [1.807, 2.05) is 0 Å². The molecule has 3 aliphatic heterocycles. The fourth-order valence-corrected chi connectivity index (χ4v) is 3.04. The third kappa shape index (κ3) is 0.901. The van der Waals surface area contributed by atoms with Crippen LogP contribution in [0.1, 0.15) is 12.8 Å². The monoisotopic (exact) mass is 183 g/mol. The van der Waals surface area contributed by atoms with Crippen LogP contribution in [0.4, 0.5) is 0 Å². The molecule has 1 N–H and O–H groups in total. The highest BCUT2D eigenvalue weighted by molar-refractivity contribution is 5.72. The minimum Gasteiger partial charge on any atom is -0.479 e. The molecular weight excluding hydrogens is 170 g/mol. The summed E-state index contributed by atoms with van der Waals surface area (Å²) in [6.07, 6.45) is 1.85. The molecular formula is C9H13NO3. The first kappa shape index (κ1) is 7.76. The Morgan fingerprint density at radius 3 is 2.92 bits per heavy atom. The minimum atomic E-state index is -0.820. The molecule has 0 aromatic rings. The van der Waals surface area contributed by atoms with Crippen molar-refractivity contribution in [2.75, 3.05) is 19.7 Å². The molecule has 1 atom stereocenters. The number of hydrogen-bond donors (Lipinski definition) is 1. The van der Waals surface area contributed by atoms with Crippen molar-refractivity contribution in [2.24, 2.45) is 5.92 Å². The Balaban J connectivity index is 1.77. The van der Waals surface area contributed by atoms with Crippen LogP contribution < -0.4 is 0 Å². The largest absolute Gasteiger partial charge is 0.479 e. The molecule has 4 nitrogen and oxygen atoms in total. The Morgan fingerprint density at radius 2 is 2.23 bits per heavy atom. The summed E-state index contributed by atoms with van der Waals surface area (Å²) in [6, 6.07) is 0. The molecule has 0 aromatic heterocycles. The molecule has 4 fully saturated rings. The highest BCUT2D eigenvalue weighted by Crippen LogP contribution is 2.52. The van der Waals surface area contributed by atoms with Crippen molar-refractivity contribution >= 4 is 5.97 Å². The van der Waals surface area contributed by atoms with Gasteiger partial charge in [0.25, 0.3) is 0 Å². The van der Waals surface area contributed by atoms with Crippen molar-refractivity contribution in [1.82, 2.24) is 4.90 Å².